The van der Waals surface area contributed by atoms with Gasteiger partial charge in [-0.2, -0.15) is 5.26 Å². The lowest BCUT2D eigenvalue weighted by Crippen LogP contribution is -1.98. The minimum atomic E-state index is -0.571. The van der Waals surface area contributed by atoms with E-state index in [9.17, 15) is 4.39 Å². The molecule has 2 nitrogen and oxygen atoms in total. The van der Waals surface area contributed by atoms with Gasteiger partial charge in [-0.15, -0.1) is 0 Å². The van der Waals surface area contributed by atoms with Crippen LogP contribution in [0.3, 0.4) is 0 Å². The third-order valence-corrected chi connectivity index (χ3v) is 1.55. The average Bonchev–Trinajstić information content (AvgIpc) is 2.16. The van der Waals surface area contributed by atoms with Crippen LogP contribution in [-0.2, 0) is 0 Å². The van der Waals surface area contributed by atoms with Crippen molar-refractivity contribution in [1.29, 1.82) is 5.26 Å². The maximum atomic E-state index is 13.2. The first-order chi connectivity index (χ1) is 6.29. The van der Waals surface area contributed by atoms with Crippen molar-refractivity contribution < 1.29 is 9.13 Å². The molecule has 68 valence electrons. The van der Waals surface area contributed by atoms with Gasteiger partial charge in [0.25, 0.3) is 0 Å². The number of hydrogen-bond donors (Lipinski definition) is 0. The van der Waals surface area contributed by atoms with Crippen LogP contribution in [0.5, 0.6) is 5.75 Å². The Bertz CT molecular complexity index is 330. The van der Waals surface area contributed by atoms with Crippen molar-refractivity contribution in [3.63, 3.8) is 0 Å². The van der Waals surface area contributed by atoms with E-state index in [1.165, 1.54) is 12.1 Å². The topological polar surface area (TPSA) is 33.0 Å². The Morgan fingerprint density at radius 1 is 1.54 bits per heavy atom. The molecule has 0 fully saturated rings. The molecule has 0 spiro atoms. The molecule has 0 bridgehead atoms. The van der Waals surface area contributed by atoms with Crippen molar-refractivity contribution in [3.8, 4) is 11.8 Å². The van der Waals surface area contributed by atoms with Crippen LogP contribution in [-0.4, -0.2) is 6.61 Å². The molecule has 0 saturated heterocycles. The highest BCUT2D eigenvalue weighted by Gasteiger charge is 2.07. The van der Waals surface area contributed by atoms with Crippen molar-refractivity contribution in [2.24, 2.45) is 0 Å². The minimum Gasteiger partial charge on any atom is -0.490 e. The standard InChI is InChI=1S/C10H10FNO/c1-2-6-13-9-5-3-4-8(7-12)10(9)11/h3-5H,2,6H2,1H3. The third kappa shape index (κ3) is 2.19. The van der Waals surface area contributed by atoms with Gasteiger partial charge in [-0.3, -0.25) is 0 Å². The summed E-state index contributed by atoms with van der Waals surface area (Å²) in [5.41, 5.74) is 0.0219. The van der Waals surface area contributed by atoms with Gasteiger partial charge in [0.15, 0.2) is 11.6 Å². The first kappa shape index (κ1) is 9.53. The van der Waals surface area contributed by atoms with Crippen LogP contribution >= 0.6 is 0 Å². The third-order valence-electron chi connectivity index (χ3n) is 1.55. The van der Waals surface area contributed by atoms with E-state index in [2.05, 4.69) is 0 Å². The fourth-order valence-corrected chi connectivity index (χ4v) is 0.921. The molecule has 0 radical (unpaired) electrons. The minimum absolute atomic E-state index is 0.0219. The van der Waals surface area contributed by atoms with Gasteiger partial charge in [0.05, 0.1) is 12.2 Å². The fraction of sp³-hybridized carbons (Fsp3) is 0.300. The molecule has 0 N–H and O–H groups in total. The van der Waals surface area contributed by atoms with Crippen molar-refractivity contribution in [1.82, 2.24) is 0 Å². The van der Waals surface area contributed by atoms with E-state index in [1.54, 1.807) is 12.1 Å². The molecule has 0 heterocycles. The predicted molar refractivity (Wildman–Crippen MR) is 46.9 cm³/mol. The van der Waals surface area contributed by atoms with E-state index in [4.69, 9.17) is 10.00 Å². The highest BCUT2D eigenvalue weighted by atomic mass is 19.1. The molecule has 0 aromatic heterocycles. The van der Waals surface area contributed by atoms with E-state index >= 15 is 0 Å². The van der Waals surface area contributed by atoms with E-state index in [-0.39, 0.29) is 11.3 Å². The van der Waals surface area contributed by atoms with Gasteiger partial charge >= 0.3 is 0 Å². The maximum Gasteiger partial charge on any atom is 0.182 e. The summed E-state index contributed by atoms with van der Waals surface area (Å²) in [5, 5.41) is 8.52. The average molecular weight is 179 g/mol. The van der Waals surface area contributed by atoms with Crippen LogP contribution in [0.15, 0.2) is 18.2 Å². The number of ether oxygens (including phenoxy) is 1. The highest BCUT2D eigenvalue weighted by molar-refractivity contribution is 5.38. The van der Waals surface area contributed by atoms with Gasteiger partial charge in [0.2, 0.25) is 0 Å². The first-order valence-electron chi connectivity index (χ1n) is 4.11. The second-order valence-corrected chi connectivity index (χ2v) is 2.58. The van der Waals surface area contributed by atoms with Gasteiger partial charge in [-0.1, -0.05) is 13.0 Å². The van der Waals surface area contributed by atoms with Crippen LogP contribution in [0.2, 0.25) is 0 Å². The molecular weight excluding hydrogens is 169 g/mol. The molecule has 0 saturated carbocycles. The van der Waals surface area contributed by atoms with Crippen LogP contribution in [0.1, 0.15) is 18.9 Å². The second-order valence-electron chi connectivity index (χ2n) is 2.58. The first-order valence-corrected chi connectivity index (χ1v) is 4.11. The van der Waals surface area contributed by atoms with Crippen molar-refractivity contribution in [3.05, 3.63) is 29.6 Å². The summed E-state index contributed by atoms with van der Waals surface area (Å²) < 4.78 is 18.4. The Hall–Kier alpha value is -1.56. The number of nitriles is 1. The van der Waals surface area contributed by atoms with E-state index in [0.717, 1.165) is 6.42 Å². The summed E-state index contributed by atoms with van der Waals surface area (Å²) in [5.74, 6) is -0.417. The van der Waals surface area contributed by atoms with Gasteiger partial charge in [-0.05, 0) is 18.6 Å². The molecule has 1 aromatic rings. The molecule has 3 heteroatoms. The molecule has 1 rings (SSSR count). The van der Waals surface area contributed by atoms with Crippen LogP contribution in [0, 0.1) is 17.1 Å². The van der Waals surface area contributed by atoms with Gasteiger partial charge in [0.1, 0.15) is 6.07 Å². The molecule has 0 amide bonds. The highest BCUT2D eigenvalue weighted by Crippen LogP contribution is 2.19. The van der Waals surface area contributed by atoms with Gasteiger partial charge in [0, 0.05) is 0 Å². The van der Waals surface area contributed by atoms with Gasteiger partial charge in [-0.25, -0.2) is 4.39 Å². The summed E-state index contributed by atoms with van der Waals surface area (Å²) >= 11 is 0. The SMILES string of the molecule is CCCOc1cccc(C#N)c1F. The number of nitrogens with zero attached hydrogens (tertiary/aromatic N) is 1. The summed E-state index contributed by atoms with van der Waals surface area (Å²) in [6.45, 7) is 2.40. The van der Waals surface area contributed by atoms with E-state index < -0.39 is 5.82 Å². The molecule has 1 aromatic carbocycles. The van der Waals surface area contributed by atoms with Crippen LogP contribution in [0.25, 0.3) is 0 Å². The maximum absolute atomic E-state index is 13.2. The molecule has 0 aliphatic rings. The van der Waals surface area contributed by atoms with Crippen molar-refractivity contribution >= 4 is 0 Å². The van der Waals surface area contributed by atoms with Gasteiger partial charge < -0.3 is 4.74 Å². The largest absolute Gasteiger partial charge is 0.490 e. The lowest BCUT2D eigenvalue weighted by molar-refractivity contribution is 0.301. The molecule has 0 unspecified atom stereocenters. The number of hydrogen-bond acceptors (Lipinski definition) is 2. The molecular formula is C10H10FNO. The monoisotopic (exact) mass is 179 g/mol. The van der Waals surface area contributed by atoms with E-state index in [1.807, 2.05) is 6.92 Å². The summed E-state index contributed by atoms with van der Waals surface area (Å²) in [6.07, 6.45) is 0.816. The number of rotatable bonds is 3. The zero-order chi connectivity index (χ0) is 9.68. The second kappa shape index (κ2) is 4.46. The van der Waals surface area contributed by atoms with Crippen LogP contribution < -0.4 is 4.74 Å². The van der Waals surface area contributed by atoms with E-state index in [0.29, 0.717) is 6.61 Å². The zero-order valence-electron chi connectivity index (χ0n) is 7.38. The number of halogens is 1. The Morgan fingerprint density at radius 2 is 2.31 bits per heavy atom. The molecule has 0 atom stereocenters. The lowest BCUT2D eigenvalue weighted by atomic mass is 10.2. The smallest absolute Gasteiger partial charge is 0.182 e. The Balaban J connectivity index is 2.90. The predicted octanol–water partition coefficient (Wildman–Crippen LogP) is 2.49. The van der Waals surface area contributed by atoms with Crippen molar-refractivity contribution in [2.45, 2.75) is 13.3 Å². The lowest BCUT2D eigenvalue weighted by Gasteiger charge is -2.05. The zero-order valence-corrected chi connectivity index (χ0v) is 7.38. The quantitative estimate of drug-likeness (QED) is 0.714. The molecule has 13 heavy (non-hydrogen) atoms. The molecule has 0 aliphatic carbocycles. The summed E-state index contributed by atoms with van der Waals surface area (Å²) in [7, 11) is 0. The summed E-state index contributed by atoms with van der Waals surface area (Å²) in [6, 6.07) is 6.31. The Morgan fingerprint density at radius 3 is 2.92 bits per heavy atom. The normalized spacial score (nSPS) is 9.31. The summed E-state index contributed by atoms with van der Waals surface area (Å²) in [4.78, 5) is 0. The number of benzene rings is 1. The van der Waals surface area contributed by atoms with Crippen molar-refractivity contribution in [2.75, 3.05) is 6.61 Å². The van der Waals surface area contributed by atoms with Crippen LogP contribution in [0.4, 0.5) is 4.39 Å². The fourth-order valence-electron chi connectivity index (χ4n) is 0.921. The molecule has 0 aliphatic heterocycles. The Labute approximate surface area is 76.6 Å². The Kier molecular flexibility index (Phi) is 3.27.